The smallest absolute Gasteiger partial charge is 0.335 e. The number of nitrogens with zero attached hydrogens (tertiary/aromatic N) is 1. The number of hydrogen-bond acceptors (Lipinski definition) is 2. The molecule has 1 aromatic carbocycles. The summed E-state index contributed by atoms with van der Waals surface area (Å²) in [6.07, 6.45) is 3.09. The number of carboxylic acid groups (broad SMARTS) is 1. The Labute approximate surface area is 125 Å². The molecule has 1 fully saturated rings. The molecule has 0 radical (unpaired) electrons. The molecule has 2 unspecified atom stereocenters. The second-order valence-electron chi connectivity index (χ2n) is 6.04. The molecule has 2 atom stereocenters. The van der Waals surface area contributed by atoms with E-state index in [1.165, 1.54) is 6.42 Å². The van der Waals surface area contributed by atoms with Crippen LogP contribution in [0.4, 0.5) is 0 Å². The van der Waals surface area contributed by atoms with E-state index < -0.39 is 5.97 Å². The van der Waals surface area contributed by atoms with Gasteiger partial charge in [0.1, 0.15) is 0 Å². The van der Waals surface area contributed by atoms with E-state index in [0.717, 1.165) is 18.5 Å². The van der Waals surface area contributed by atoms with Gasteiger partial charge in [-0.25, -0.2) is 4.79 Å². The number of aromatic carboxylic acids is 1. The highest BCUT2D eigenvalue weighted by Gasteiger charge is 2.26. The van der Waals surface area contributed by atoms with E-state index in [1.807, 2.05) is 11.0 Å². The van der Waals surface area contributed by atoms with E-state index in [4.69, 9.17) is 5.11 Å². The van der Waals surface area contributed by atoms with E-state index in [0.29, 0.717) is 30.4 Å². The zero-order valence-electron chi connectivity index (χ0n) is 12.7. The zero-order valence-corrected chi connectivity index (χ0v) is 12.7. The molecule has 1 aliphatic heterocycles. The average molecular weight is 289 g/mol. The van der Waals surface area contributed by atoms with E-state index in [-0.39, 0.29) is 5.91 Å². The molecule has 4 nitrogen and oxygen atoms in total. The molecule has 1 aromatic rings. The van der Waals surface area contributed by atoms with Crippen LogP contribution >= 0.6 is 0 Å². The number of carboxylic acids is 1. The summed E-state index contributed by atoms with van der Waals surface area (Å²) >= 11 is 0. The van der Waals surface area contributed by atoms with E-state index in [2.05, 4.69) is 13.8 Å². The van der Waals surface area contributed by atoms with E-state index in [1.54, 1.807) is 18.2 Å². The molecule has 0 aromatic heterocycles. The van der Waals surface area contributed by atoms with Gasteiger partial charge in [0.15, 0.2) is 0 Å². The van der Waals surface area contributed by atoms with Crippen molar-refractivity contribution in [3.63, 3.8) is 0 Å². The summed E-state index contributed by atoms with van der Waals surface area (Å²) in [5, 5.41) is 9.16. The number of benzene rings is 1. The largest absolute Gasteiger partial charge is 0.478 e. The number of aryl methyl sites for hydroxylation is 1. The van der Waals surface area contributed by atoms with Gasteiger partial charge < -0.3 is 10.0 Å². The molecule has 114 valence electrons. The van der Waals surface area contributed by atoms with Crippen molar-refractivity contribution in [3.8, 4) is 0 Å². The summed E-state index contributed by atoms with van der Waals surface area (Å²) in [6.45, 7) is 5.08. The van der Waals surface area contributed by atoms with Gasteiger partial charge in [-0.3, -0.25) is 4.79 Å². The molecule has 1 saturated heterocycles. The van der Waals surface area contributed by atoms with Crippen LogP contribution in [0.2, 0.25) is 0 Å². The molecule has 1 heterocycles. The molecule has 1 N–H and O–H groups in total. The first-order valence-corrected chi connectivity index (χ1v) is 7.59. The maximum absolute atomic E-state index is 12.4. The molecule has 2 rings (SSSR count). The summed E-state index contributed by atoms with van der Waals surface area (Å²) in [6, 6.07) is 7.21. The third-order valence-electron chi connectivity index (χ3n) is 4.29. The minimum atomic E-state index is -0.932. The molecule has 0 bridgehead atoms. The highest BCUT2D eigenvalue weighted by atomic mass is 16.4. The molecular formula is C17H23NO3. The zero-order chi connectivity index (χ0) is 15.4. The van der Waals surface area contributed by atoms with Crippen LogP contribution in [0.3, 0.4) is 0 Å². The third-order valence-corrected chi connectivity index (χ3v) is 4.29. The molecule has 0 saturated carbocycles. The predicted octanol–water partition coefficient (Wildman–Crippen LogP) is 2.96. The Morgan fingerprint density at radius 2 is 1.95 bits per heavy atom. The third kappa shape index (κ3) is 3.84. The average Bonchev–Trinajstić information content (AvgIpc) is 2.47. The van der Waals surface area contributed by atoms with Gasteiger partial charge in [-0.05, 0) is 43.7 Å². The van der Waals surface area contributed by atoms with Crippen molar-refractivity contribution in [3.05, 3.63) is 35.4 Å². The van der Waals surface area contributed by atoms with Gasteiger partial charge in [0.2, 0.25) is 5.91 Å². The number of likely N-dealkylation sites (tertiary alicyclic amines) is 1. The van der Waals surface area contributed by atoms with Crippen LogP contribution < -0.4 is 0 Å². The highest BCUT2D eigenvalue weighted by molar-refractivity contribution is 5.89. The quantitative estimate of drug-likeness (QED) is 0.927. The lowest BCUT2D eigenvalue weighted by atomic mass is 9.94. The van der Waals surface area contributed by atoms with Crippen molar-refractivity contribution in [2.75, 3.05) is 6.54 Å². The number of carbonyl (C=O) groups is 2. The van der Waals surface area contributed by atoms with Crippen molar-refractivity contribution in [2.24, 2.45) is 5.92 Å². The lowest BCUT2D eigenvalue weighted by Crippen LogP contribution is -2.45. The van der Waals surface area contributed by atoms with Crippen molar-refractivity contribution in [1.29, 1.82) is 0 Å². The van der Waals surface area contributed by atoms with Gasteiger partial charge in [-0.15, -0.1) is 0 Å². The summed E-state index contributed by atoms with van der Waals surface area (Å²) in [7, 11) is 0. The van der Waals surface area contributed by atoms with Crippen LogP contribution in [0, 0.1) is 5.92 Å². The maximum atomic E-state index is 12.4. The van der Waals surface area contributed by atoms with E-state index in [9.17, 15) is 9.59 Å². The number of hydrogen-bond donors (Lipinski definition) is 1. The Kier molecular flexibility index (Phi) is 4.99. The maximum Gasteiger partial charge on any atom is 0.335 e. The van der Waals surface area contributed by atoms with Crippen LogP contribution in [0.15, 0.2) is 24.3 Å². The molecule has 0 spiro atoms. The van der Waals surface area contributed by atoms with Crippen LogP contribution in [-0.2, 0) is 11.2 Å². The van der Waals surface area contributed by atoms with Crippen molar-refractivity contribution >= 4 is 11.9 Å². The second kappa shape index (κ2) is 6.74. The molecule has 4 heteroatoms. The fourth-order valence-corrected chi connectivity index (χ4v) is 2.97. The molecular weight excluding hydrogens is 266 g/mol. The van der Waals surface area contributed by atoms with Gasteiger partial charge in [0, 0.05) is 19.0 Å². The predicted molar refractivity (Wildman–Crippen MR) is 81.3 cm³/mol. The molecule has 1 amide bonds. The van der Waals surface area contributed by atoms with Gasteiger partial charge >= 0.3 is 5.97 Å². The lowest BCUT2D eigenvalue weighted by molar-refractivity contribution is -0.135. The minimum Gasteiger partial charge on any atom is -0.478 e. The second-order valence-corrected chi connectivity index (χ2v) is 6.04. The minimum absolute atomic E-state index is 0.134. The number of carbonyl (C=O) groups excluding carboxylic acids is 1. The normalized spacial score (nSPS) is 22.1. The van der Waals surface area contributed by atoms with Crippen LogP contribution in [-0.4, -0.2) is 34.5 Å². The lowest BCUT2D eigenvalue weighted by Gasteiger charge is -2.37. The summed E-state index contributed by atoms with van der Waals surface area (Å²) in [5.41, 5.74) is 1.03. The molecule has 0 aliphatic carbocycles. The fraction of sp³-hybridized carbons (Fsp3) is 0.529. The Bertz CT molecular complexity index is 527. The number of rotatable bonds is 4. The number of piperidine rings is 1. The summed E-state index contributed by atoms with van der Waals surface area (Å²) in [5.74, 6) is -0.247. The van der Waals surface area contributed by atoms with Gasteiger partial charge in [-0.2, -0.15) is 0 Å². The summed E-state index contributed by atoms with van der Waals surface area (Å²) < 4.78 is 0. The Morgan fingerprint density at radius 3 is 2.67 bits per heavy atom. The van der Waals surface area contributed by atoms with Gasteiger partial charge in [0.25, 0.3) is 0 Å². The Balaban J connectivity index is 1.99. The first-order chi connectivity index (χ1) is 9.99. The van der Waals surface area contributed by atoms with Crippen LogP contribution in [0.1, 0.15) is 49.0 Å². The molecule has 1 aliphatic rings. The Morgan fingerprint density at radius 1 is 1.24 bits per heavy atom. The van der Waals surface area contributed by atoms with Gasteiger partial charge in [-0.1, -0.05) is 25.1 Å². The SMILES string of the molecule is CC1CCC(C)N(C(=O)CCc2ccccc2C(=O)O)C1. The van der Waals surface area contributed by atoms with Crippen molar-refractivity contribution in [1.82, 2.24) is 4.90 Å². The van der Waals surface area contributed by atoms with Crippen LogP contribution in [0.5, 0.6) is 0 Å². The highest BCUT2D eigenvalue weighted by Crippen LogP contribution is 2.22. The standard InChI is InChI=1S/C17H23NO3/c1-12-7-8-13(2)18(11-12)16(19)10-9-14-5-3-4-6-15(14)17(20)21/h3-6,12-13H,7-11H2,1-2H3,(H,20,21). The van der Waals surface area contributed by atoms with Crippen molar-refractivity contribution in [2.45, 2.75) is 45.6 Å². The first-order valence-electron chi connectivity index (χ1n) is 7.59. The van der Waals surface area contributed by atoms with Crippen molar-refractivity contribution < 1.29 is 14.7 Å². The van der Waals surface area contributed by atoms with Gasteiger partial charge in [0.05, 0.1) is 5.56 Å². The summed E-state index contributed by atoms with van der Waals surface area (Å²) in [4.78, 5) is 25.5. The monoisotopic (exact) mass is 289 g/mol. The van der Waals surface area contributed by atoms with Crippen LogP contribution in [0.25, 0.3) is 0 Å². The Hall–Kier alpha value is -1.84. The first kappa shape index (κ1) is 15.5. The number of amides is 1. The topological polar surface area (TPSA) is 57.6 Å². The molecule has 21 heavy (non-hydrogen) atoms. The fourth-order valence-electron chi connectivity index (χ4n) is 2.97. The van der Waals surface area contributed by atoms with E-state index >= 15 is 0 Å².